The molecule has 0 saturated heterocycles. The highest BCUT2D eigenvalue weighted by molar-refractivity contribution is 7.98. The van der Waals surface area contributed by atoms with E-state index in [1.807, 2.05) is 24.4 Å². The van der Waals surface area contributed by atoms with Crippen molar-refractivity contribution in [2.45, 2.75) is 56.2 Å². The molecule has 1 aliphatic carbocycles. The van der Waals surface area contributed by atoms with Crippen LogP contribution in [0, 0.1) is 12.8 Å². The highest BCUT2D eigenvalue weighted by Crippen LogP contribution is 2.27. The van der Waals surface area contributed by atoms with Gasteiger partial charge in [-0.1, -0.05) is 31.9 Å². The number of aryl methyl sites for hydroxylation is 1. The van der Waals surface area contributed by atoms with Crippen LogP contribution in [0.4, 0.5) is 0 Å². The fourth-order valence-electron chi connectivity index (χ4n) is 3.38. The zero-order valence-corrected chi connectivity index (χ0v) is 17.9. The monoisotopic (exact) mass is 418 g/mol. The van der Waals surface area contributed by atoms with Crippen molar-refractivity contribution in [3.8, 4) is 0 Å². The van der Waals surface area contributed by atoms with Crippen molar-refractivity contribution in [2.24, 2.45) is 5.92 Å². The third-order valence-corrected chi connectivity index (χ3v) is 6.87. The number of aromatic nitrogens is 1. The van der Waals surface area contributed by atoms with Gasteiger partial charge in [-0.25, -0.2) is 9.78 Å². The number of carbonyl (C=O) groups is 2. The van der Waals surface area contributed by atoms with Crippen LogP contribution in [0.15, 0.2) is 34.5 Å². The maximum absolute atomic E-state index is 12.5. The molecule has 1 aromatic heterocycles. The molecule has 1 fully saturated rings. The Labute approximate surface area is 174 Å². The molecule has 7 heteroatoms. The number of nitrogens with zero attached hydrogens (tertiary/aromatic N) is 1. The van der Waals surface area contributed by atoms with Crippen molar-refractivity contribution in [2.75, 3.05) is 6.61 Å². The lowest BCUT2D eigenvalue weighted by Crippen LogP contribution is -2.42. The molecule has 0 bridgehead atoms. The Morgan fingerprint density at radius 3 is 2.82 bits per heavy atom. The number of ether oxygens (including phenoxy) is 1. The topological polar surface area (TPSA) is 68.3 Å². The first-order valence-electron chi connectivity index (χ1n) is 9.62. The molecule has 150 valence electrons. The summed E-state index contributed by atoms with van der Waals surface area (Å²) in [4.78, 5) is 30.0. The molecule has 3 rings (SSSR count). The Bertz CT molecular complexity index is 821. The van der Waals surface area contributed by atoms with Gasteiger partial charge in [0.05, 0.1) is 16.3 Å². The number of hydrogen-bond donors (Lipinski definition) is 1. The Kier molecular flexibility index (Phi) is 7.50. The van der Waals surface area contributed by atoms with Gasteiger partial charge >= 0.3 is 5.97 Å². The minimum absolute atomic E-state index is 0.185. The highest BCUT2D eigenvalue weighted by atomic mass is 32.2. The molecule has 2 atom stereocenters. The molecule has 0 radical (unpaired) electrons. The quantitative estimate of drug-likeness (QED) is 0.526. The van der Waals surface area contributed by atoms with E-state index in [1.165, 1.54) is 6.42 Å². The average Bonchev–Trinajstić information content (AvgIpc) is 3.12. The van der Waals surface area contributed by atoms with Gasteiger partial charge in [0.2, 0.25) is 0 Å². The molecule has 28 heavy (non-hydrogen) atoms. The van der Waals surface area contributed by atoms with Crippen LogP contribution in [-0.2, 0) is 15.3 Å². The van der Waals surface area contributed by atoms with Crippen molar-refractivity contribution >= 4 is 35.0 Å². The summed E-state index contributed by atoms with van der Waals surface area (Å²) in [6.07, 6.45) is 4.49. The molecule has 2 aromatic rings. The number of benzene rings is 1. The fraction of sp³-hybridized carbons (Fsp3) is 0.476. The lowest BCUT2D eigenvalue weighted by molar-refractivity contribution is -0.125. The average molecular weight is 419 g/mol. The number of rotatable bonds is 7. The van der Waals surface area contributed by atoms with E-state index >= 15 is 0 Å². The number of thioether (sulfide) groups is 1. The summed E-state index contributed by atoms with van der Waals surface area (Å²) in [6.45, 7) is 3.89. The second kappa shape index (κ2) is 10.1. The summed E-state index contributed by atoms with van der Waals surface area (Å²) in [5, 5.41) is 6.07. The van der Waals surface area contributed by atoms with Crippen molar-refractivity contribution in [1.29, 1.82) is 0 Å². The molecule has 1 aromatic carbocycles. The van der Waals surface area contributed by atoms with Crippen LogP contribution < -0.4 is 5.32 Å². The molecule has 1 heterocycles. The van der Waals surface area contributed by atoms with E-state index in [1.54, 1.807) is 35.2 Å². The Morgan fingerprint density at radius 2 is 2.07 bits per heavy atom. The SMILES string of the molecule is Cc1nc(CSc2ccccc2C(=O)OCC(=O)N[C@H]2CCCC[C@@H]2C)cs1. The summed E-state index contributed by atoms with van der Waals surface area (Å²) >= 11 is 3.16. The Hall–Kier alpha value is -1.86. The number of amides is 1. The maximum atomic E-state index is 12.5. The second-order valence-corrected chi connectivity index (χ2v) is 9.23. The van der Waals surface area contributed by atoms with E-state index in [9.17, 15) is 9.59 Å². The molecule has 5 nitrogen and oxygen atoms in total. The predicted molar refractivity (Wildman–Crippen MR) is 113 cm³/mol. The van der Waals surface area contributed by atoms with Gasteiger partial charge < -0.3 is 10.1 Å². The van der Waals surface area contributed by atoms with Crippen molar-refractivity contribution in [1.82, 2.24) is 10.3 Å². The Balaban J connectivity index is 1.53. The first-order valence-corrected chi connectivity index (χ1v) is 11.5. The van der Waals surface area contributed by atoms with E-state index in [4.69, 9.17) is 4.74 Å². The van der Waals surface area contributed by atoms with Crippen molar-refractivity contribution in [3.63, 3.8) is 0 Å². The van der Waals surface area contributed by atoms with Crippen LogP contribution in [0.1, 0.15) is 53.7 Å². The maximum Gasteiger partial charge on any atom is 0.339 e. The molecular formula is C21H26N2O3S2. The van der Waals surface area contributed by atoms with Crippen LogP contribution in [0.3, 0.4) is 0 Å². The second-order valence-electron chi connectivity index (χ2n) is 7.15. The van der Waals surface area contributed by atoms with Crippen molar-refractivity contribution < 1.29 is 14.3 Å². The lowest BCUT2D eigenvalue weighted by atomic mass is 9.86. The lowest BCUT2D eigenvalue weighted by Gasteiger charge is -2.29. The molecular weight excluding hydrogens is 392 g/mol. The van der Waals surface area contributed by atoms with Gasteiger partial charge in [-0.3, -0.25) is 4.79 Å². The normalized spacial score (nSPS) is 19.2. The van der Waals surface area contributed by atoms with Gasteiger partial charge in [-0.05, 0) is 37.8 Å². The van der Waals surface area contributed by atoms with Crippen molar-refractivity contribution in [3.05, 3.63) is 45.9 Å². The molecule has 0 spiro atoms. The van der Waals surface area contributed by atoms with E-state index in [0.29, 0.717) is 17.2 Å². The summed E-state index contributed by atoms with van der Waals surface area (Å²) in [6, 6.07) is 7.51. The third kappa shape index (κ3) is 5.82. The molecule has 1 amide bonds. The van der Waals surface area contributed by atoms with Gasteiger partial charge in [0.25, 0.3) is 5.91 Å². The van der Waals surface area contributed by atoms with Gasteiger partial charge in [-0.2, -0.15) is 0 Å². The van der Waals surface area contributed by atoms with Crippen LogP contribution >= 0.6 is 23.1 Å². The van der Waals surface area contributed by atoms with Gasteiger partial charge in [0.15, 0.2) is 6.61 Å². The molecule has 1 N–H and O–H groups in total. The third-order valence-electron chi connectivity index (χ3n) is 4.94. The van der Waals surface area contributed by atoms with Gasteiger partial charge in [0.1, 0.15) is 0 Å². The predicted octanol–water partition coefficient (Wildman–Crippen LogP) is 4.60. The minimum atomic E-state index is -0.468. The molecule has 1 saturated carbocycles. The van der Waals surface area contributed by atoms with Crippen LogP contribution in [0.5, 0.6) is 0 Å². The van der Waals surface area contributed by atoms with Crippen LogP contribution in [0.25, 0.3) is 0 Å². The summed E-state index contributed by atoms with van der Waals surface area (Å²) < 4.78 is 5.29. The van der Waals surface area contributed by atoms with E-state index in [0.717, 1.165) is 34.9 Å². The number of thiazole rings is 1. The van der Waals surface area contributed by atoms with Crippen LogP contribution in [-0.4, -0.2) is 29.5 Å². The molecule has 1 aliphatic rings. The van der Waals surface area contributed by atoms with E-state index in [-0.39, 0.29) is 18.6 Å². The van der Waals surface area contributed by atoms with E-state index in [2.05, 4.69) is 17.2 Å². The zero-order chi connectivity index (χ0) is 19.9. The van der Waals surface area contributed by atoms with Gasteiger partial charge in [-0.15, -0.1) is 23.1 Å². The zero-order valence-electron chi connectivity index (χ0n) is 16.3. The summed E-state index contributed by atoms with van der Waals surface area (Å²) in [5.41, 5.74) is 1.48. The van der Waals surface area contributed by atoms with Gasteiger partial charge in [0, 0.05) is 22.1 Å². The standard InChI is InChI=1S/C21H26N2O3S2/c1-14-7-3-5-9-18(14)23-20(24)11-26-21(25)17-8-4-6-10-19(17)28-13-16-12-27-15(2)22-16/h4,6,8,10,12,14,18H,3,5,7,9,11,13H2,1-2H3,(H,23,24)/t14-,18-/m0/s1. The first-order chi connectivity index (χ1) is 13.5. The number of carbonyl (C=O) groups excluding carboxylic acids is 2. The van der Waals surface area contributed by atoms with E-state index < -0.39 is 5.97 Å². The summed E-state index contributed by atoms with van der Waals surface area (Å²) in [7, 11) is 0. The largest absolute Gasteiger partial charge is 0.452 e. The highest BCUT2D eigenvalue weighted by Gasteiger charge is 2.23. The number of hydrogen-bond acceptors (Lipinski definition) is 6. The Morgan fingerprint density at radius 1 is 1.29 bits per heavy atom. The molecule has 0 unspecified atom stereocenters. The van der Waals surface area contributed by atoms with Crippen LogP contribution in [0.2, 0.25) is 0 Å². The fourth-order valence-corrected chi connectivity index (χ4v) is 5.03. The molecule has 0 aliphatic heterocycles. The number of nitrogens with one attached hydrogen (secondary N) is 1. The first kappa shape index (κ1) is 20.9. The summed E-state index contributed by atoms with van der Waals surface area (Å²) in [5.74, 6) is 0.466. The number of esters is 1. The minimum Gasteiger partial charge on any atom is -0.452 e. The smallest absolute Gasteiger partial charge is 0.339 e.